The maximum Gasteiger partial charge on any atom is 0.239 e. The van der Waals surface area contributed by atoms with Crippen LogP contribution in [-0.2, 0) is 4.79 Å². The Morgan fingerprint density at radius 1 is 1.20 bits per heavy atom. The fraction of sp³-hybridized carbons (Fsp3) is 0.938. The van der Waals surface area contributed by atoms with Crippen molar-refractivity contribution in [2.45, 2.75) is 69.9 Å². The summed E-state index contributed by atoms with van der Waals surface area (Å²) in [5.74, 6) is 0.274. The van der Waals surface area contributed by atoms with Crippen LogP contribution >= 0.6 is 0 Å². The van der Waals surface area contributed by atoms with Crippen molar-refractivity contribution in [1.82, 2.24) is 10.2 Å². The topological polar surface area (TPSA) is 58.4 Å². The minimum absolute atomic E-state index is 0.165. The van der Waals surface area contributed by atoms with Gasteiger partial charge >= 0.3 is 0 Å². The van der Waals surface area contributed by atoms with Gasteiger partial charge in [-0.05, 0) is 45.2 Å². The van der Waals surface area contributed by atoms with E-state index in [4.69, 9.17) is 5.73 Å². The van der Waals surface area contributed by atoms with Crippen molar-refractivity contribution < 1.29 is 4.79 Å². The summed E-state index contributed by atoms with van der Waals surface area (Å²) in [7, 11) is 2.17. The molecule has 20 heavy (non-hydrogen) atoms. The predicted octanol–water partition coefficient (Wildman–Crippen LogP) is 1.88. The molecule has 0 aromatic heterocycles. The van der Waals surface area contributed by atoms with Crippen LogP contribution in [0.15, 0.2) is 0 Å². The van der Waals surface area contributed by atoms with E-state index < -0.39 is 5.54 Å². The average Bonchev–Trinajstić information content (AvgIpc) is 3.24. The van der Waals surface area contributed by atoms with Gasteiger partial charge in [-0.2, -0.15) is 0 Å². The van der Waals surface area contributed by atoms with E-state index in [0.717, 1.165) is 25.9 Å². The summed E-state index contributed by atoms with van der Waals surface area (Å²) in [6.07, 6.45) is 10.2. The van der Waals surface area contributed by atoms with Crippen molar-refractivity contribution in [1.29, 1.82) is 0 Å². The molecule has 2 fully saturated rings. The van der Waals surface area contributed by atoms with Gasteiger partial charge in [0, 0.05) is 12.6 Å². The molecule has 0 aliphatic heterocycles. The van der Waals surface area contributed by atoms with Crippen LogP contribution in [0, 0.1) is 5.92 Å². The Hall–Kier alpha value is -0.610. The monoisotopic (exact) mass is 281 g/mol. The van der Waals surface area contributed by atoms with Crippen molar-refractivity contribution in [2.75, 3.05) is 20.1 Å². The smallest absolute Gasteiger partial charge is 0.239 e. The molecule has 2 aliphatic carbocycles. The van der Waals surface area contributed by atoms with Gasteiger partial charge in [-0.15, -0.1) is 0 Å². The number of nitrogens with one attached hydrogen (secondary N) is 1. The average molecular weight is 281 g/mol. The first-order chi connectivity index (χ1) is 9.60. The van der Waals surface area contributed by atoms with E-state index in [0.29, 0.717) is 12.0 Å². The Kier molecular flexibility index (Phi) is 5.44. The van der Waals surface area contributed by atoms with Gasteiger partial charge in [0.05, 0.1) is 0 Å². The third kappa shape index (κ3) is 3.53. The van der Waals surface area contributed by atoms with Gasteiger partial charge in [0.25, 0.3) is 0 Å². The van der Waals surface area contributed by atoms with Gasteiger partial charge in [0.15, 0.2) is 0 Å². The van der Waals surface area contributed by atoms with E-state index in [1.54, 1.807) is 0 Å². The number of hydrogen-bond donors (Lipinski definition) is 2. The Balaban J connectivity index is 2.03. The minimum Gasteiger partial charge on any atom is -0.368 e. The van der Waals surface area contributed by atoms with Crippen LogP contribution < -0.4 is 11.1 Å². The molecule has 0 heterocycles. The van der Waals surface area contributed by atoms with E-state index >= 15 is 0 Å². The highest BCUT2D eigenvalue weighted by atomic mass is 16.1. The molecule has 0 aromatic carbocycles. The normalized spacial score (nSPS) is 24.4. The number of nitrogens with two attached hydrogens (primary N) is 1. The molecule has 1 atom stereocenters. The second kappa shape index (κ2) is 6.90. The first kappa shape index (κ1) is 15.8. The molecule has 116 valence electrons. The van der Waals surface area contributed by atoms with E-state index in [1.807, 2.05) is 0 Å². The number of hydrogen-bond acceptors (Lipinski definition) is 3. The molecule has 1 unspecified atom stereocenters. The summed E-state index contributed by atoms with van der Waals surface area (Å²) in [6, 6.07) is 0.619. The van der Waals surface area contributed by atoms with E-state index in [2.05, 4.69) is 24.2 Å². The molecular formula is C16H31N3O. The lowest BCUT2D eigenvalue weighted by Crippen LogP contribution is -2.63. The maximum atomic E-state index is 12.1. The number of rotatable bonds is 7. The predicted molar refractivity (Wildman–Crippen MR) is 82.4 cm³/mol. The molecule has 4 heteroatoms. The second-order valence-corrected chi connectivity index (χ2v) is 6.70. The van der Waals surface area contributed by atoms with E-state index in [1.165, 1.54) is 38.5 Å². The van der Waals surface area contributed by atoms with Crippen LogP contribution in [0.5, 0.6) is 0 Å². The van der Waals surface area contributed by atoms with E-state index in [-0.39, 0.29) is 5.91 Å². The Morgan fingerprint density at radius 3 is 2.25 bits per heavy atom. The Bertz CT molecular complexity index is 322. The summed E-state index contributed by atoms with van der Waals surface area (Å²) in [5.41, 5.74) is 5.28. The molecule has 2 saturated carbocycles. The fourth-order valence-electron chi connectivity index (χ4n) is 3.81. The van der Waals surface area contributed by atoms with Gasteiger partial charge in [0.2, 0.25) is 5.91 Å². The van der Waals surface area contributed by atoms with Crippen molar-refractivity contribution in [2.24, 2.45) is 11.7 Å². The highest BCUT2D eigenvalue weighted by Crippen LogP contribution is 2.40. The van der Waals surface area contributed by atoms with Crippen LogP contribution in [0.4, 0.5) is 0 Å². The number of nitrogens with zero attached hydrogens (tertiary/aromatic N) is 1. The van der Waals surface area contributed by atoms with Crippen LogP contribution in [0.1, 0.15) is 58.3 Å². The molecule has 3 N–H and O–H groups in total. The lowest BCUT2D eigenvalue weighted by atomic mass is 9.90. The summed E-state index contributed by atoms with van der Waals surface area (Å²) < 4.78 is 0. The van der Waals surface area contributed by atoms with Crippen molar-refractivity contribution >= 4 is 5.91 Å². The van der Waals surface area contributed by atoms with Gasteiger partial charge in [-0.3, -0.25) is 4.79 Å². The molecule has 2 rings (SSSR count). The van der Waals surface area contributed by atoms with Crippen molar-refractivity contribution in [3.8, 4) is 0 Å². The summed E-state index contributed by atoms with van der Waals surface area (Å²) in [6.45, 7) is 3.63. The minimum atomic E-state index is -0.504. The van der Waals surface area contributed by atoms with Crippen molar-refractivity contribution in [3.63, 3.8) is 0 Å². The maximum absolute atomic E-state index is 12.1. The van der Waals surface area contributed by atoms with Crippen LogP contribution in [0.25, 0.3) is 0 Å². The molecule has 1 amide bonds. The van der Waals surface area contributed by atoms with Gasteiger partial charge in [0.1, 0.15) is 5.54 Å². The SMILES string of the molecule is CCNC(CN(C)C1CCCCCC1)(C(N)=O)C1CC1. The van der Waals surface area contributed by atoms with Gasteiger partial charge in [-0.25, -0.2) is 0 Å². The molecule has 0 bridgehead atoms. The molecule has 0 radical (unpaired) electrons. The first-order valence-corrected chi connectivity index (χ1v) is 8.35. The number of likely N-dealkylation sites (N-methyl/N-ethyl adjacent to an activating group) is 2. The van der Waals surface area contributed by atoms with Gasteiger partial charge < -0.3 is 16.0 Å². The summed E-state index contributed by atoms with van der Waals surface area (Å²) in [5, 5.41) is 3.43. The second-order valence-electron chi connectivity index (χ2n) is 6.70. The Labute approximate surface area is 123 Å². The summed E-state index contributed by atoms with van der Waals surface area (Å²) in [4.78, 5) is 14.5. The standard InChI is InChI=1S/C16H31N3O/c1-3-18-16(15(17)20,13-10-11-13)12-19(2)14-8-6-4-5-7-9-14/h13-14,18H,3-12H2,1-2H3,(H2,17,20). The lowest BCUT2D eigenvalue weighted by molar-refractivity contribution is -0.126. The highest BCUT2D eigenvalue weighted by Gasteiger charge is 2.50. The van der Waals surface area contributed by atoms with Crippen LogP contribution in [-0.4, -0.2) is 42.5 Å². The third-order valence-corrected chi connectivity index (χ3v) is 5.15. The molecule has 4 nitrogen and oxygen atoms in total. The summed E-state index contributed by atoms with van der Waals surface area (Å²) >= 11 is 0. The molecule has 0 aromatic rings. The quantitative estimate of drug-likeness (QED) is 0.701. The third-order valence-electron chi connectivity index (χ3n) is 5.15. The number of carbonyl (C=O) groups is 1. The van der Waals surface area contributed by atoms with Crippen LogP contribution in [0.2, 0.25) is 0 Å². The number of primary amides is 1. The Morgan fingerprint density at radius 2 is 1.80 bits per heavy atom. The zero-order chi connectivity index (χ0) is 14.6. The largest absolute Gasteiger partial charge is 0.368 e. The molecule has 0 spiro atoms. The van der Waals surface area contributed by atoms with Gasteiger partial charge in [-0.1, -0.05) is 32.6 Å². The first-order valence-electron chi connectivity index (χ1n) is 8.35. The van der Waals surface area contributed by atoms with Crippen LogP contribution in [0.3, 0.4) is 0 Å². The molecule has 2 aliphatic rings. The number of amides is 1. The fourth-order valence-corrected chi connectivity index (χ4v) is 3.81. The highest BCUT2D eigenvalue weighted by molar-refractivity contribution is 5.86. The zero-order valence-corrected chi connectivity index (χ0v) is 13.2. The van der Waals surface area contributed by atoms with Crippen molar-refractivity contribution in [3.05, 3.63) is 0 Å². The lowest BCUT2D eigenvalue weighted by Gasteiger charge is -2.38. The number of carbonyl (C=O) groups excluding carboxylic acids is 1. The molecular weight excluding hydrogens is 250 g/mol. The zero-order valence-electron chi connectivity index (χ0n) is 13.2. The molecule has 0 saturated heterocycles. The van der Waals surface area contributed by atoms with E-state index in [9.17, 15) is 4.79 Å².